The van der Waals surface area contributed by atoms with Crippen molar-refractivity contribution in [1.82, 2.24) is 14.1 Å². The molecular weight excluding hydrogens is 793 g/mol. The Morgan fingerprint density at radius 3 is 1.40 bits per heavy atom. The molecule has 7 rings (SSSR count). The van der Waals surface area contributed by atoms with Gasteiger partial charge in [0.25, 0.3) is 8.45 Å². The van der Waals surface area contributed by atoms with E-state index in [0.29, 0.717) is 46.0 Å². The van der Waals surface area contributed by atoms with E-state index in [1.54, 1.807) is 21.3 Å². The molecule has 3 unspecified atom stereocenters. The van der Waals surface area contributed by atoms with E-state index in [1.807, 2.05) is 127 Å². The van der Waals surface area contributed by atoms with Gasteiger partial charge in [0.1, 0.15) is 17.2 Å². The fraction of sp³-hybridized carbons (Fsp3) is 0.122. The van der Waals surface area contributed by atoms with Crippen molar-refractivity contribution in [3.8, 4) is 46.0 Å². The smallest absolute Gasteiger partial charge is 0.332 e. The van der Waals surface area contributed by atoms with Crippen LogP contribution >= 0.6 is 25.8 Å². The highest BCUT2D eigenvalue weighted by atomic mass is 31.3. The monoisotopic (exact) mass is 838 g/mol. The van der Waals surface area contributed by atoms with Gasteiger partial charge in [-0.15, -0.1) is 0 Å². The molecule has 14 nitrogen and oxygen atoms in total. The first-order valence-corrected chi connectivity index (χ1v) is 21.7. The number of ether oxygens (including phenoxy) is 2. The van der Waals surface area contributed by atoms with E-state index in [4.69, 9.17) is 56.9 Å². The van der Waals surface area contributed by atoms with Gasteiger partial charge in [0.2, 0.25) is 5.75 Å². The maximum Gasteiger partial charge on any atom is 0.332 e. The standard InChI is InChI=1S/C41H45N8O6P3/c42-24-29-12-1-6-17-34(29)50-39-22-11-23-40(41(39)51-35-18-7-2-13-30(35)25-43)54-57-47-56-48(52-36-19-8-3-14-31(36)26-44)58(55-38-21-10-5-16-33(38)28-46)49(57)53-37-20-9-4-15-32(37)27-45/h1-23,47,56H,24-28,42-46H2. The zero-order chi connectivity index (χ0) is 40.3. The van der Waals surface area contributed by atoms with Crippen LogP contribution in [-0.4, -0.2) is 9.21 Å². The third kappa shape index (κ3) is 9.68. The van der Waals surface area contributed by atoms with Crippen LogP contribution in [0.1, 0.15) is 27.8 Å². The lowest BCUT2D eigenvalue weighted by atomic mass is 10.2. The Labute approximate surface area is 341 Å². The minimum absolute atomic E-state index is 0.189. The molecule has 0 radical (unpaired) electrons. The normalized spacial score (nSPS) is 16.2. The molecule has 1 heterocycles. The van der Waals surface area contributed by atoms with Crippen molar-refractivity contribution >= 4 is 25.8 Å². The Hall–Kier alpha value is -4.91. The van der Waals surface area contributed by atoms with Crippen molar-refractivity contribution in [3.05, 3.63) is 167 Å². The molecule has 6 aromatic carbocycles. The molecular formula is C41H45N8O6P3. The molecule has 1 aliphatic rings. The van der Waals surface area contributed by atoms with Crippen LogP contribution in [0.25, 0.3) is 0 Å². The van der Waals surface area contributed by atoms with E-state index < -0.39 is 16.9 Å². The molecule has 1 aliphatic heterocycles. The van der Waals surface area contributed by atoms with Gasteiger partial charge in [-0.3, -0.25) is 0 Å². The van der Waals surface area contributed by atoms with Crippen molar-refractivity contribution in [2.75, 3.05) is 0 Å². The first-order valence-electron chi connectivity index (χ1n) is 18.4. The van der Waals surface area contributed by atoms with Crippen LogP contribution in [0.3, 0.4) is 0 Å². The quantitative estimate of drug-likeness (QED) is 0.0480. The molecule has 0 amide bonds. The fourth-order valence-corrected chi connectivity index (χ4v) is 11.3. The number of nitrogens with zero attached hydrogens (tertiary/aromatic N) is 2. The summed E-state index contributed by atoms with van der Waals surface area (Å²) in [4.78, 5) is 16.9. The van der Waals surface area contributed by atoms with Crippen molar-refractivity contribution in [3.63, 3.8) is 0 Å². The summed E-state index contributed by atoms with van der Waals surface area (Å²) >= 11 is 0. The Morgan fingerprint density at radius 2 is 0.845 bits per heavy atom. The molecule has 6 aromatic rings. The van der Waals surface area contributed by atoms with Crippen LogP contribution < -0.4 is 61.7 Å². The van der Waals surface area contributed by atoms with E-state index in [1.165, 1.54) is 0 Å². The van der Waals surface area contributed by atoms with Gasteiger partial charge in [0.05, 0.1) is 8.88 Å². The van der Waals surface area contributed by atoms with E-state index in [2.05, 4.69) is 4.86 Å². The molecule has 0 aliphatic carbocycles. The molecule has 17 heteroatoms. The summed E-state index contributed by atoms with van der Waals surface area (Å²) in [7, 11) is -4.11. The zero-order valence-electron chi connectivity index (χ0n) is 31.4. The molecule has 0 saturated carbocycles. The fourth-order valence-electron chi connectivity index (χ4n) is 5.74. The highest BCUT2D eigenvalue weighted by Crippen LogP contribution is 2.67. The summed E-state index contributed by atoms with van der Waals surface area (Å²) in [6.45, 7) is 1.25. The lowest BCUT2D eigenvalue weighted by Crippen LogP contribution is -2.37. The SMILES string of the molecule is NCc1ccccc1Oc1cccc(OP2NPN(Oc3ccccc3CN)P(Oc3ccccc3CN)N2Oc2ccccc2CN)c1Oc1ccccc1CN. The number of benzene rings is 6. The highest BCUT2D eigenvalue weighted by molar-refractivity contribution is 7.74. The van der Waals surface area contributed by atoms with Crippen molar-refractivity contribution in [1.29, 1.82) is 0 Å². The first kappa shape index (κ1) is 41.3. The van der Waals surface area contributed by atoms with Gasteiger partial charge in [-0.25, -0.2) is 4.86 Å². The maximum absolute atomic E-state index is 6.97. The van der Waals surface area contributed by atoms with Crippen LogP contribution in [0.5, 0.6) is 46.0 Å². The van der Waals surface area contributed by atoms with Gasteiger partial charge >= 0.3 is 8.45 Å². The summed E-state index contributed by atoms with van der Waals surface area (Å²) in [6.07, 6.45) is 0. The number of hydrogen-bond acceptors (Lipinski definition) is 14. The van der Waals surface area contributed by atoms with Crippen LogP contribution in [-0.2, 0) is 32.7 Å². The van der Waals surface area contributed by atoms with Gasteiger partial charge in [0.15, 0.2) is 23.0 Å². The number of nitrogens with one attached hydrogen (secondary N) is 1. The van der Waals surface area contributed by atoms with E-state index in [-0.39, 0.29) is 41.6 Å². The summed E-state index contributed by atoms with van der Waals surface area (Å²) < 4.78 is 30.4. The van der Waals surface area contributed by atoms with E-state index >= 15 is 0 Å². The summed E-state index contributed by atoms with van der Waals surface area (Å²) in [5, 5.41) is 0. The molecule has 300 valence electrons. The number of nitrogens with two attached hydrogens (primary N) is 5. The van der Waals surface area contributed by atoms with Gasteiger partial charge in [-0.1, -0.05) is 97.1 Å². The molecule has 11 N–H and O–H groups in total. The van der Waals surface area contributed by atoms with Crippen molar-refractivity contribution in [2.45, 2.75) is 32.7 Å². The molecule has 3 atom stereocenters. The van der Waals surface area contributed by atoms with Gasteiger partial charge < -0.3 is 56.9 Å². The Balaban J connectivity index is 1.33. The predicted molar refractivity (Wildman–Crippen MR) is 230 cm³/mol. The minimum atomic E-state index is -2.00. The Morgan fingerprint density at radius 1 is 0.431 bits per heavy atom. The van der Waals surface area contributed by atoms with Crippen LogP contribution in [0.4, 0.5) is 0 Å². The molecule has 1 saturated heterocycles. The number of rotatable bonds is 17. The van der Waals surface area contributed by atoms with Crippen LogP contribution in [0, 0.1) is 0 Å². The second-order valence-corrected chi connectivity index (χ2v) is 17.2. The molecule has 58 heavy (non-hydrogen) atoms. The maximum atomic E-state index is 6.97. The van der Waals surface area contributed by atoms with E-state index in [9.17, 15) is 0 Å². The molecule has 1 fully saturated rings. The average Bonchev–Trinajstić information content (AvgIpc) is 3.27. The topological polar surface area (TPSA) is 204 Å². The van der Waals surface area contributed by atoms with E-state index in [0.717, 1.165) is 27.8 Å². The summed E-state index contributed by atoms with van der Waals surface area (Å²) in [6, 6.07) is 43.2. The third-order valence-electron chi connectivity index (χ3n) is 8.77. The number of para-hydroxylation sites is 6. The van der Waals surface area contributed by atoms with Crippen LogP contribution in [0.2, 0.25) is 0 Å². The molecule has 0 aromatic heterocycles. The predicted octanol–water partition coefficient (Wildman–Crippen LogP) is 8.18. The van der Waals surface area contributed by atoms with Gasteiger partial charge in [-0.2, -0.15) is 0 Å². The van der Waals surface area contributed by atoms with Crippen LogP contribution in [0.15, 0.2) is 140 Å². The second-order valence-electron chi connectivity index (χ2n) is 12.5. The number of hydrogen-bond donors (Lipinski definition) is 6. The lowest BCUT2D eigenvalue weighted by molar-refractivity contribution is 0.0661. The Bertz CT molecular complexity index is 2290. The van der Waals surface area contributed by atoms with Gasteiger partial charge in [-0.05, 0) is 47.1 Å². The largest absolute Gasteiger partial charge is 0.453 e. The van der Waals surface area contributed by atoms with Crippen molar-refractivity contribution in [2.24, 2.45) is 28.7 Å². The first-order chi connectivity index (χ1) is 28.5. The zero-order valence-corrected chi connectivity index (χ0v) is 34.2. The van der Waals surface area contributed by atoms with Gasteiger partial charge in [0, 0.05) is 65.1 Å². The summed E-state index contributed by atoms with van der Waals surface area (Å²) in [5.41, 5.74) is 34.8. The third-order valence-corrected chi connectivity index (χ3v) is 13.9. The molecule has 0 spiro atoms. The summed E-state index contributed by atoms with van der Waals surface area (Å²) in [5.74, 6) is 3.77. The lowest BCUT2D eigenvalue weighted by Gasteiger charge is -2.42. The highest BCUT2D eigenvalue weighted by Gasteiger charge is 2.47. The second kappa shape index (κ2) is 20.2. The minimum Gasteiger partial charge on any atom is -0.453 e. The van der Waals surface area contributed by atoms with Crippen molar-refractivity contribution < 1.29 is 28.2 Å². The average molecular weight is 839 g/mol. The Kier molecular flexibility index (Phi) is 14.4. The molecule has 0 bridgehead atoms.